The SMILES string of the molecule is CC(C)(C)[Si](C)(C)OC[C@]12CC1(O[Si](C)(C)C(C)(C)C)[C@@H](F)[C@H](c1cc(F)c3c(N)ncnn13)O2. The number of fused-ring (bicyclic) bond motifs is 2. The summed E-state index contributed by atoms with van der Waals surface area (Å²) in [4.78, 5) is 3.87. The second kappa shape index (κ2) is 7.80. The van der Waals surface area contributed by atoms with E-state index in [2.05, 4.69) is 77.8 Å². The van der Waals surface area contributed by atoms with Gasteiger partial charge in [-0.05, 0) is 36.3 Å². The summed E-state index contributed by atoms with van der Waals surface area (Å²) < 4.78 is 52.5. The van der Waals surface area contributed by atoms with E-state index in [9.17, 15) is 4.39 Å². The minimum absolute atomic E-state index is 0.00877. The minimum Gasteiger partial charge on any atom is -0.414 e. The van der Waals surface area contributed by atoms with E-state index < -0.39 is 45.9 Å². The van der Waals surface area contributed by atoms with Crippen LogP contribution in [0.1, 0.15) is 59.8 Å². The van der Waals surface area contributed by atoms with Crippen LogP contribution in [0, 0.1) is 5.82 Å². The predicted molar refractivity (Wildman–Crippen MR) is 138 cm³/mol. The van der Waals surface area contributed by atoms with Crippen molar-refractivity contribution < 1.29 is 22.4 Å². The van der Waals surface area contributed by atoms with E-state index >= 15 is 4.39 Å². The molecule has 11 heteroatoms. The topological polar surface area (TPSA) is 83.9 Å². The van der Waals surface area contributed by atoms with Gasteiger partial charge in [0.25, 0.3) is 0 Å². The van der Waals surface area contributed by atoms with Crippen LogP contribution in [0.25, 0.3) is 5.52 Å². The zero-order valence-corrected chi connectivity index (χ0v) is 24.6. The third kappa shape index (κ3) is 3.98. The van der Waals surface area contributed by atoms with Gasteiger partial charge in [0.15, 0.2) is 34.4 Å². The second-order valence-electron chi connectivity index (χ2n) is 13.2. The molecule has 7 nitrogen and oxygen atoms in total. The van der Waals surface area contributed by atoms with Gasteiger partial charge in [-0.25, -0.2) is 18.3 Å². The van der Waals surface area contributed by atoms with Gasteiger partial charge in [-0.15, -0.1) is 0 Å². The van der Waals surface area contributed by atoms with Crippen molar-refractivity contribution in [3.63, 3.8) is 0 Å². The number of nitrogens with zero attached hydrogens (tertiary/aromatic N) is 3. The van der Waals surface area contributed by atoms with Gasteiger partial charge in [-0.2, -0.15) is 5.10 Å². The van der Waals surface area contributed by atoms with Gasteiger partial charge in [0.2, 0.25) is 0 Å². The van der Waals surface area contributed by atoms with Crippen molar-refractivity contribution in [3.8, 4) is 0 Å². The van der Waals surface area contributed by atoms with E-state index in [4.69, 9.17) is 19.3 Å². The Bertz CT molecular complexity index is 1140. The molecule has 1 unspecified atom stereocenters. The first-order valence-corrected chi connectivity index (χ1v) is 18.0. The molecule has 0 aromatic carbocycles. The van der Waals surface area contributed by atoms with Crippen molar-refractivity contribution in [1.82, 2.24) is 14.6 Å². The monoisotopic (exact) mass is 526 g/mol. The van der Waals surface area contributed by atoms with Crippen molar-refractivity contribution in [1.29, 1.82) is 0 Å². The van der Waals surface area contributed by atoms with Crippen molar-refractivity contribution in [2.24, 2.45) is 0 Å². The van der Waals surface area contributed by atoms with Crippen LogP contribution in [0.5, 0.6) is 0 Å². The number of anilines is 1. The lowest BCUT2D eigenvalue weighted by molar-refractivity contribution is -0.0434. The number of alkyl halides is 1. The van der Waals surface area contributed by atoms with E-state index in [1.54, 1.807) is 0 Å². The molecule has 0 amide bonds. The molecule has 2 aromatic rings. The molecule has 196 valence electrons. The molecule has 2 aromatic heterocycles. The number of hydrogen-bond acceptors (Lipinski definition) is 6. The minimum atomic E-state index is -2.38. The molecule has 4 rings (SSSR count). The number of ether oxygens (including phenoxy) is 1. The Kier molecular flexibility index (Phi) is 5.94. The van der Waals surface area contributed by atoms with Crippen LogP contribution >= 0.6 is 0 Å². The highest BCUT2D eigenvalue weighted by Gasteiger charge is 2.83. The molecule has 3 heterocycles. The van der Waals surface area contributed by atoms with E-state index in [0.29, 0.717) is 6.42 Å². The molecule has 0 radical (unpaired) electrons. The molecule has 1 saturated carbocycles. The summed E-state index contributed by atoms with van der Waals surface area (Å²) >= 11 is 0. The Hall–Kier alpha value is -1.41. The normalized spacial score (nSPS) is 29.6. The summed E-state index contributed by atoms with van der Waals surface area (Å²) in [6, 6.07) is 1.24. The first-order chi connectivity index (χ1) is 15.8. The first kappa shape index (κ1) is 26.7. The van der Waals surface area contributed by atoms with Crippen LogP contribution < -0.4 is 5.73 Å². The average molecular weight is 527 g/mol. The Morgan fingerprint density at radius 3 is 2.31 bits per heavy atom. The highest BCUT2D eigenvalue weighted by atomic mass is 28.4. The first-order valence-electron chi connectivity index (χ1n) is 12.2. The van der Waals surface area contributed by atoms with Crippen molar-refractivity contribution in [2.75, 3.05) is 12.3 Å². The van der Waals surface area contributed by atoms with Gasteiger partial charge in [0, 0.05) is 12.5 Å². The molecule has 0 bridgehead atoms. The number of hydrogen-bond donors (Lipinski definition) is 1. The summed E-state index contributed by atoms with van der Waals surface area (Å²) in [5, 5.41) is 4.01. The summed E-state index contributed by atoms with van der Waals surface area (Å²) in [5.41, 5.74) is 4.06. The zero-order valence-electron chi connectivity index (χ0n) is 22.6. The molecule has 35 heavy (non-hydrogen) atoms. The molecule has 4 atom stereocenters. The summed E-state index contributed by atoms with van der Waals surface area (Å²) in [5.74, 6) is -0.620. The fraction of sp³-hybridized carbons (Fsp3) is 0.750. The lowest BCUT2D eigenvalue weighted by atomic mass is 10.1. The predicted octanol–water partition coefficient (Wildman–Crippen LogP) is 5.78. The highest BCUT2D eigenvalue weighted by molar-refractivity contribution is 6.74. The molecule has 1 aliphatic carbocycles. The fourth-order valence-corrected chi connectivity index (χ4v) is 7.01. The maximum atomic E-state index is 16.5. The maximum Gasteiger partial charge on any atom is 0.193 e. The van der Waals surface area contributed by atoms with Gasteiger partial charge < -0.3 is 19.3 Å². The van der Waals surface area contributed by atoms with Crippen LogP contribution in [0.4, 0.5) is 14.6 Å². The highest BCUT2D eigenvalue weighted by Crippen LogP contribution is 2.68. The van der Waals surface area contributed by atoms with E-state index in [1.165, 1.54) is 16.9 Å². The van der Waals surface area contributed by atoms with Gasteiger partial charge in [0.05, 0.1) is 12.3 Å². The van der Waals surface area contributed by atoms with Crippen molar-refractivity contribution in [2.45, 2.75) is 108 Å². The van der Waals surface area contributed by atoms with Gasteiger partial charge >= 0.3 is 0 Å². The number of rotatable bonds is 6. The number of nitrogens with two attached hydrogens (primary N) is 1. The van der Waals surface area contributed by atoms with Crippen LogP contribution in [0.2, 0.25) is 36.3 Å². The second-order valence-corrected chi connectivity index (χ2v) is 22.8. The van der Waals surface area contributed by atoms with Crippen LogP contribution in [-0.4, -0.2) is 55.2 Å². The van der Waals surface area contributed by atoms with Crippen LogP contribution in [0.15, 0.2) is 12.4 Å². The molecule has 1 aliphatic heterocycles. The Morgan fingerprint density at radius 1 is 1.14 bits per heavy atom. The summed E-state index contributed by atoms with van der Waals surface area (Å²) in [6.45, 7) is 21.7. The van der Waals surface area contributed by atoms with Crippen molar-refractivity contribution in [3.05, 3.63) is 23.9 Å². The zero-order chi connectivity index (χ0) is 26.4. The Morgan fingerprint density at radius 2 is 1.74 bits per heavy atom. The quantitative estimate of drug-likeness (QED) is 0.480. The lowest BCUT2D eigenvalue weighted by Gasteiger charge is -2.41. The van der Waals surface area contributed by atoms with Gasteiger partial charge in [0.1, 0.15) is 29.2 Å². The summed E-state index contributed by atoms with van der Waals surface area (Å²) in [7, 11) is -4.52. The Balaban J connectivity index is 1.74. The number of aromatic nitrogens is 3. The summed E-state index contributed by atoms with van der Waals surface area (Å²) in [6.07, 6.45) is -0.954. The third-order valence-electron chi connectivity index (χ3n) is 8.83. The van der Waals surface area contributed by atoms with E-state index in [-0.39, 0.29) is 33.7 Å². The standard InChI is InChI=1S/C24H40F2N4O3Si2/c1-21(2,3)34(7,8)31-13-23-12-24(23,33-35(9,10)22(4,5)6)19(26)18(32-23)16-11-15(25)17-20(27)28-14-29-30(16)17/h11,14,18-19H,12-13H2,1-10H3,(H2,27,28,29)/t18-,19-,23+,24?/m0/s1. The molecule has 2 fully saturated rings. The van der Waals surface area contributed by atoms with E-state index in [0.717, 1.165) is 0 Å². The van der Waals surface area contributed by atoms with Crippen molar-refractivity contribution >= 4 is 28.0 Å². The molecule has 1 saturated heterocycles. The smallest absolute Gasteiger partial charge is 0.193 e. The average Bonchev–Trinajstić information content (AvgIpc) is 3.08. The Labute approximate surface area is 209 Å². The third-order valence-corrected chi connectivity index (χ3v) is 17.8. The molecule has 0 spiro atoms. The van der Waals surface area contributed by atoms with Crippen LogP contribution in [-0.2, 0) is 13.6 Å². The molecule has 2 aliphatic rings. The van der Waals surface area contributed by atoms with Gasteiger partial charge in [-0.1, -0.05) is 41.5 Å². The lowest BCUT2D eigenvalue weighted by Crippen LogP contribution is -2.50. The largest absolute Gasteiger partial charge is 0.414 e. The number of halogens is 2. The van der Waals surface area contributed by atoms with E-state index in [1.807, 2.05) is 0 Å². The molecular weight excluding hydrogens is 486 g/mol. The van der Waals surface area contributed by atoms with Crippen LogP contribution in [0.3, 0.4) is 0 Å². The maximum absolute atomic E-state index is 16.5. The number of nitrogen functional groups attached to an aromatic ring is 1. The molecular formula is C24H40F2N4O3Si2. The van der Waals surface area contributed by atoms with Gasteiger partial charge in [-0.3, -0.25) is 0 Å². The molecule has 2 N–H and O–H groups in total. The fourth-order valence-electron chi connectivity index (χ4n) is 4.39.